The highest BCUT2D eigenvalue weighted by molar-refractivity contribution is 7.91. The molecule has 0 unspecified atom stereocenters. The lowest BCUT2D eigenvalue weighted by atomic mass is 10.2. The van der Waals surface area contributed by atoms with Crippen LogP contribution in [0, 0.1) is 0 Å². The van der Waals surface area contributed by atoms with E-state index in [0.29, 0.717) is 12.1 Å². The maximum atomic E-state index is 12.3. The molecule has 1 N–H and O–H groups in total. The summed E-state index contributed by atoms with van der Waals surface area (Å²) in [6, 6.07) is 6.47. The summed E-state index contributed by atoms with van der Waals surface area (Å²) in [7, 11) is -3.39. The van der Waals surface area contributed by atoms with Gasteiger partial charge < -0.3 is 10.0 Å². The summed E-state index contributed by atoms with van der Waals surface area (Å²) >= 11 is 0. The van der Waals surface area contributed by atoms with Crippen molar-refractivity contribution in [1.29, 1.82) is 0 Å². The third-order valence-electron chi connectivity index (χ3n) is 2.91. The number of carboxylic acids is 1. The summed E-state index contributed by atoms with van der Waals surface area (Å²) in [5.74, 6) is -0.926. The molecule has 0 aliphatic carbocycles. The Morgan fingerprint density at radius 2 is 1.90 bits per heavy atom. The van der Waals surface area contributed by atoms with Crippen molar-refractivity contribution < 1.29 is 18.3 Å². The van der Waals surface area contributed by atoms with E-state index in [4.69, 9.17) is 5.11 Å². The van der Waals surface area contributed by atoms with Gasteiger partial charge in [-0.25, -0.2) is 8.42 Å². The lowest BCUT2D eigenvalue weighted by molar-refractivity contribution is -0.135. The number of carboxylic acid groups (broad SMARTS) is 1. The molecule has 0 heterocycles. The number of aliphatic carboxylic acids is 1. The van der Waals surface area contributed by atoms with Crippen molar-refractivity contribution in [2.45, 2.75) is 38.1 Å². The molecule has 0 radical (unpaired) electrons. The van der Waals surface area contributed by atoms with Crippen molar-refractivity contribution >= 4 is 21.5 Å². The Hall–Kier alpha value is -1.56. The number of benzene rings is 1. The van der Waals surface area contributed by atoms with Crippen LogP contribution in [0.15, 0.2) is 29.2 Å². The minimum atomic E-state index is -3.39. The Labute approximate surface area is 120 Å². The minimum Gasteiger partial charge on any atom is -0.480 e. The first-order chi connectivity index (χ1) is 9.29. The van der Waals surface area contributed by atoms with E-state index in [1.807, 2.05) is 13.8 Å². The molecule has 0 atom stereocenters. The molecule has 0 spiro atoms. The Kier molecular flexibility index (Phi) is 5.56. The van der Waals surface area contributed by atoms with Crippen molar-refractivity contribution in [2.75, 3.05) is 17.2 Å². The number of rotatable bonds is 7. The summed E-state index contributed by atoms with van der Waals surface area (Å²) < 4.78 is 24.6. The van der Waals surface area contributed by atoms with E-state index in [1.54, 1.807) is 30.0 Å². The van der Waals surface area contributed by atoms with Crippen LogP contribution in [0.2, 0.25) is 0 Å². The van der Waals surface area contributed by atoms with Gasteiger partial charge in [0, 0.05) is 6.04 Å². The zero-order valence-corrected chi connectivity index (χ0v) is 12.9. The van der Waals surface area contributed by atoms with Gasteiger partial charge in [0.15, 0.2) is 9.84 Å². The molecule has 0 aliphatic heterocycles. The zero-order chi connectivity index (χ0) is 15.3. The first kappa shape index (κ1) is 16.5. The molecule has 5 nitrogen and oxygen atoms in total. The topological polar surface area (TPSA) is 74.7 Å². The van der Waals surface area contributed by atoms with E-state index in [9.17, 15) is 13.2 Å². The van der Waals surface area contributed by atoms with E-state index in [1.165, 1.54) is 6.07 Å². The number of sulfone groups is 1. The predicted molar refractivity (Wildman–Crippen MR) is 78.9 cm³/mol. The molecule has 20 heavy (non-hydrogen) atoms. The highest BCUT2D eigenvalue weighted by atomic mass is 32.2. The Morgan fingerprint density at radius 3 is 2.40 bits per heavy atom. The molecule has 1 aromatic carbocycles. The Morgan fingerprint density at radius 1 is 1.30 bits per heavy atom. The van der Waals surface area contributed by atoms with Gasteiger partial charge in [-0.15, -0.1) is 0 Å². The number of hydrogen-bond acceptors (Lipinski definition) is 4. The average Bonchev–Trinajstić information content (AvgIpc) is 2.35. The molecule has 1 aromatic rings. The van der Waals surface area contributed by atoms with Crippen LogP contribution in [0.1, 0.15) is 27.2 Å². The second kappa shape index (κ2) is 6.74. The van der Waals surface area contributed by atoms with E-state index in [2.05, 4.69) is 0 Å². The Balaban J connectivity index is 3.33. The van der Waals surface area contributed by atoms with Gasteiger partial charge in [-0.05, 0) is 32.4 Å². The molecule has 112 valence electrons. The molecule has 0 aromatic heterocycles. The second-order valence-electron chi connectivity index (χ2n) is 4.90. The van der Waals surface area contributed by atoms with Crippen LogP contribution in [-0.2, 0) is 14.6 Å². The minimum absolute atomic E-state index is 0.0586. The highest BCUT2D eigenvalue weighted by Crippen LogP contribution is 2.27. The number of hydrogen-bond donors (Lipinski definition) is 1. The molecule has 0 fully saturated rings. The van der Waals surface area contributed by atoms with Gasteiger partial charge in [0.1, 0.15) is 6.54 Å². The maximum absolute atomic E-state index is 12.3. The van der Waals surface area contributed by atoms with Crippen molar-refractivity contribution in [3.05, 3.63) is 24.3 Å². The normalized spacial score (nSPS) is 11.6. The van der Waals surface area contributed by atoms with E-state index in [-0.39, 0.29) is 23.2 Å². The van der Waals surface area contributed by atoms with Gasteiger partial charge >= 0.3 is 5.97 Å². The number of anilines is 1. The largest absolute Gasteiger partial charge is 0.480 e. The number of para-hydroxylation sites is 1. The first-order valence-electron chi connectivity index (χ1n) is 6.59. The summed E-state index contributed by atoms with van der Waals surface area (Å²) in [6.07, 6.45) is 0.525. The van der Waals surface area contributed by atoms with Crippen molar-refractivity contribution in [3.63, 3.8) is 0 Å². The molecule has 0 saturated carbocycles. The average molecular weight is 299 g/mol. The summed E-state index contributed by atoms with van der Waals surface area (Å²) in [4.78, 5) is 12.8. The predicted octanol–water partition coefficient (Wildman–Crippen LogP) is 2.17. The fourth-order valence-electron chi connectivity index (χ4n) is 2.03. The molecule has 0 saturated heterocycles. The third-order valence-corrected chi connectivity index (χ3v) is 4.87. The van der Waals surface area contributed by atoms with Crippen molar-refractivity contribution in [2.24, 2.45) is 0 Å². The maximum Gasteiger partial charge on any atom is 0.323 e. The monoisotopic (exact) mass is 299 g/mol. The van der Waals surface area contributed by atoms with Crippen LogP contribution in [-0.4, -0.2) is 37.8 Å². The van der Waals surface area contributed by atoms with Crippen molar-refractivity contribution in [3.8, 4) is 0 Å². The lowest BCUT2D eigenvalue weighted by Gasteiger charge is -2.29. The molecule has 0 aliphatic rings. The van der Waals surface area contributed by atoms with Gasteiger partial charge in [0.05, 0.1) is 16.3 Å². The smallest absolute Gasteiger partial charge is 0.323 e. The summed E-state index contributed by atoms with van der Waals surface area (Å²) in [6.45, 7) is 5.26. The molecular formula is C14H21NO4S. The third kappa shape index (κ3) is 3.96. The Bertz CT molecular complexity index is 566. The number of carbonyl (C=O) groups is 1. The van der Waals surface area contributed by atoms with Crippen molar-refractivity contribution in [1.82, 2.24) is 0 Å². The fraction of sp³-hybridized carbons (Fsp3) is 0.500. The van der Waals surface area contributed by atoms with Gasteiger partial charge in [-0.2, -0.15) is 0 Å². The molecule has 0 bridgehead atoms. The highest BCUT2D eigenvalue weighted by Gasteiger charge is 2.23. The molecule has 0 amide bonds. The standard InChI is InChI=1S/C14H21NO4S/c1-4-9-20(18,19)13-8-6-5-7-12(13)15(11(2)3)10-14(16)17/h5-8,11H,4,9-10H2,1-3H3,(H,16,17). The van der Waals surface area contributed by atoms with Gasteiger partial charge in [-0.1, -0.05) is 19.1 Å². The van der Waals surface area contributed by atoms with E-state index in [0.717, 1.165) is 0 Å². The van der Waals surface area contributed by atoms with Crippen LogP contribution in [0.4, 0.5) is 5.69 Å². The SMILES string of the molecule is CCCS(=O)(=O)c1ccccc1N(CC(=O)O)C(C)C. The quantitative estimate of drug-likeness (QED) is 0.835. The second-order valence-corrected chi connectivity index (χ2v) is 6.98. The number of nitrogens with zero attached hydrogens (tertiary/aromatic N) is 1. The van der Waals surface area contributed by atoms with E-state index >= 15 is 0 Å². The first-order valence-corrected chi connectivity index (χ1v) is 8.25. The van der Waals surface area contributed by atoms with Gasteiger partial charge in [-0.3, -0.25) is 4.79 Å². The van der Waals surface area contributed by atoms with Crippen LogP contribution in [0.25, 0.3) is 0 Å². The summed E-state index contributed by atoms with van der Waals surface area (Å²) in [5.41, 5.74) is 0.457. The van der Waals surface area contributed by atoms with Gasteiger partial charge in [0.25, 0.3) is 0 Å². The zero-order valence-electron chi connectivity index (χ0n) is 12.0. The van der Waals surface area contributed by atoms with Gasteiger partial charge in [0.2, 0.25) is 0 Å². The lowest BCUT2D eigenvalue weighted by Crippen LogP contribution is -2.36. The molecular weight excluding hydrogens is 278 g/mol. The van der Waals surface area contributed by atoms with Crippen LogP contribution in [0.3, 0.4) is 0 Å². The fourth-order valence-corrected chi connectivity index (χ4v) is 3.57. The van der Waals surface area contributed by atoms with E-state index < -0.39 is 15.8 Å². The van der Waals surface area contributed by atoms with Crippen LogP contribution in [0.5, 0.6) is 0 Å². The van der Waals surface area contributed by atoms with Crippen LogP contribution >= 0.6 is 0 Å². The molecule has 6 heteroatoms. The summed E-state index contributed by atoms with van der Waals surface area (Å²) in [5, 5.41) is 9.00. The molecule has 1 rings (SSSR count). The van der Waals surface area contributed by atoms with Crippen LogP contribution < -0.4 is 4.90 Å².